The van der Waals surface area contributed by atoms with E-state index in [1.54, 1.807) is 12.1 Å². The Morgan fingerprint density at radius 1 is 1.20 bits per heavy atom. The van der Waals surface area contributed by atoms with E-state index in [0.717, 1.165) is 36.8 Å². The summed E-state index contributed by atoms with van der Waals surface area (Å²) in [5.74, 6) is -0.358. The molecule has 0 amide bonds. The molecule has 2 aromatic rings. The second kappa shape index (κ2) is 11.7. The number of carbonyl (C=O) groups is 1. The predicted octanol–water partition coefficient (Wildman–Crippen LogP) is 5.00. The number of carbonyl (C=O) groups excluding carboxylic acids is 1. The van der Waals surface area contributed by atoms with Crippen LogP contribution in [-0.4, -0.2) is 30.3 Å². The number of nitrogens with one attached hydrogen (secondary N) is 1. The predicted molar refractivity (Wildman–Crippen MR) is 124 cm³/mol. The van der Waals surface area contributed by atoms with Crippen molar-refractivity contribution in [1.29, 1.82) is 0 Å². The minimum atomic E-state index is -0.588. The van der Waals surface area contributed by atoms with E-state index in [-0.39, 0.29) is 24.3 Å². The van der Waals surface area contributed by atoms with E-state index in [1.165, 1.54) is 11.1 Å². The molecule has 2 N–H and O–H groups in total. The summed E-state index contributed by atoms with van der Waals surface area (Å²) in [6.07, 6.45) is 3.06. The van der Waals surface area contributed by atoms with Gasteiger partial charge in [0.1, 0.15) is 0 Å². The summed E-state index contributed by atoms with van der Waals surface area (Å²) in [4.78, 5) is 12.3. The van der Waals surface area contributed by atoms with Gasteiger partial charge in [-0.2, -0.15) is 0 Å². The first-order chi connectivity index (χ1) is 14.0. The highest BCUT2D eigenvalue weighted by Crippen LogP contribution is 2.28. The van der Waals surface area contributed by atoms with Gasteiger partial charge in [-0.15, -0.1) is 12.4 Å². The summed E-state index contributed by atoms with van der Waals surface area (Å²) in [5, 5.41) is 14.6. The molecule has 0 saturated heterocycles. The molecule has 1 aliphatic rings. The van der Waals surface area contributed by atoms with E-state index >= 15 is 0 Å². The molecule has 0 heterocycles. The summed E-state index contributed by atoms with van der Waals surface area (Å²) in [6, 6.07) is 14.0. The first-order valence-electron chi connectivity index (χ1n) is 10.5. The molecule has 164 valence electrons. The van der Waals surface area contributed by atoms with Crippen molar-refractivity contribution in [3.05, 3.63) is 69.7 Å². The third-order valence-electron chi connectivity index (χ3n) is 5.67. The van der Waals surface area contributed by atoms with Gasteiger partial charge in [-0.1, -0.05) is 48.9 Å². The van der Waals surface area contributed by atoms with E-state index in [0.29, 0.717) is 24.2 Å². The molecule has 0 aliphatic heterocycles. The molecule has 0 bridgehead atoms. The lowest BCUT2D eigenvalue weighted by Crippen LogP contribution is -2.37. The van der Waals surface area contributed by atoms with Gasteiger partial charge in [0.05, 0.1) is 18.6 Å². The van der Waals surface area contributed by atoms with Crippen molar-refractivity contribution >= 4 is 30.0 Å². The third kappa shape index (κ3) is 6.21. The van der Waals surface area contributed by atoms with Crippen LogP contribution in [0.25, 0.3) is 0 Å². The van der Waals surface area contributed by atoms with Crippen LogP contribution in [-0.2, 0) is 22.4 Å². The highest BCUT2D eigenvalue weighted by atomic mass is 35.5. The average Bonchev–Trinajstić information content (AvgIpc) is 2.72. The third-order valence-corrected chi connectivity index (χ3v) is 5.91. The van der Waals surface area contributed by atoms with Crippen molar-refractivity contribution in [3.63, 3.8) is 0 Å². The van der Waals surface area contributed by atoms with Crippen LogP contribution in [0.2, 0.25) is 5.02 Å². The Morgan fingerprint density at radius 2 is 2.00 bits per heavy atom. The topological polar surface area (TPSA) is 58.6 Å². The number of rotatable bonds is 8. The molecule has 6 heteroatoms. The van der Waals surface area contributed by atoms with Gasteiger partial charge in [0.15, 0.2) is 0 Å². The summed E-state index contributed by atoms with van der Waals surface area (Å²) in [7, 11) is 0. The fourth-order valence-corrected chi connectivity index (χ4v) is 4.26. The van der Waals surface area contributed by atoms with Gasteiger partial charge >= 0.3 is 5.97 Å². The lowest BCUT2D eigenvalue weighted by Gasteiger charge is -2.28. The van der Waals surface area contributed by atoms with Crippen molar-refractivity contribution in [1.82, 2.24) is 5.32 Å². The lowest BCUT2D eigenvalue weighted by atomic mass is 9.84. The lowest BCUT2D eigenvalue weighted by molar-refractivity contribution is -0.145. The van der Waals surface area contributed by atoms with Crippen LogP contribution >= 0.6 is 24.0 Å². The molecule has 3 atom stereocenters. The van der Waals surface area contributed by atoms with Crippen molar-refractivity contribution < 1.29 is 14.6 Å². The number of hydrogen-bond acceptors (Lipinski definition) is 4. The maximum atomic E-state index is 12.3. The minimum Gasteiger partial charge on any atom is -0.466 e. The number of halogens is 2. The van der Waals surface area contributed by atoms with Crippen LogP contribution in [0.5, 0.6) is 0 Å². The Hall–Kier alpha value is -1.59. The number of esters is 1. The molecular weight excluding hydrogens is 421 g/mol. The van der Waals surface area contributed by atoms with Gasteiger partial charge in [-0.25, -0.2) is 0 Å². The van der Waals surface area contributed by atoms with Crippen LogP contribution in [0.4, 0.5) is 0 Å². The molecule has 0 aromatic heterocycles. The number of aliphatic hydroxyl groups excluding tert-OH is 1. The number of ether oxygens (including phenoxy) is 1. The summed E-state index contributed by atoms with van der Waals surface area (Å²) in [6.45, 7) is 4.75. The molecule has 0 fully saturated rings. The monoisotopic (exact) mass is 451 g/mol. The molecule has 1 aliphatic carbocycles. The van der Waals surface area contributed by atoms with Crippen LogP contribution in [0.15, 0.2) is 42.5 Å². The molecule has 0 radical (unpaired) electrons. The van der Waals surface area contributed by atoms with Gasteiger partial charge in [-0.3, -0.25) is 4.79 Å². The number of hydrogen-bond donors (Lipinski definition) is 2. The van der Waals surface area contributed by atoms with E-state index < -0.39 is 6.10 Å². The number of aliphatic hydroxyl groups is 1. The fourth-order valence-electron chi connectivity index (χ4n) is 4.06. The Morgan fingerprint density at radius 3 is 2.70 bits per heavy atom. The van der Waals surface area contributed by atoms with Gasteiger partial charge < -0.3 is 15.2 Å². The second-order valence-electron chi connectivity index (χ2n) is 7.66. The first kappa shape index (κ1) is 24.7. The maximum absolute atomic E-state index is 12.3. The van der Waals surface area contributed by atoms with Crippen molar-refractivity contribution in [2.45, 2.75) is 57.6 Å². The zero-order chi connectivity index (χ0) is 20.8. The maximum Gasteiger partial charge on any atom is 0.313 e. The Labute approximate surface area is 190 Å². The van der Waals surface area contributed by atoms with Crippen LogP contribution in [0, 0.1) is 0 Å². The highest BCUT2D eigenvalue weighted by molar-refractivity contribution is 6.30. The van der Waals surface area contributed by atoms with Crippen LogP contribution < -0.4 is 5.32 Å². The molecular formula is C24H31Cl2NO3. The molecule has 0 saturated carbocycles. The van der Waals surface area contributed by atoms with Crippen molar-refractivity contribution in [2.75, 3.05) is 13.2 Å². The fraction of sp³-hybridized carbons (Fsp3) is 0.458. The SMILES string of the molecule is CCOC(=O)C(CC)c1ccc2c(c1)CC(NCC(O)c1cccc(Cl)c1)CC2.Cl. The van der Waals surface area contributed by atoms with Gasteiger partial charge in [0.25, 0.3) is 0 Å². The Kier molecular flexibility index (Phi) is 9.63. The van der Waals surface area contributed by atoms with Crippen LogP contribution in [0.3, 0.4) is 0 Å². The number of benzene rings is 2. The summed E-state index contributed by atoms with van der Waals surface area (Å²) >= 11 is 6.02. The smallest absolute Gasteiger partial charge is 0.313 e. The zero-order valence-electron chi connectivity index (χ0n) is 17.6. The molecule has 30 heavy (non-hydrogen) atoms. The number of fused-ring (bicyclic) bond motifs is 1. The van der Waals surface area contributed by atoms with E-state index in [9.17, 15) is 9.90 Å². The molecule has 2 aromatic carbocycles. The van der Waals surface area contributed by atoms with Gasteiger partial charge in [-0.05, 0) is 67.0 Å². The van der Waals surface area contributed by atoms with E-state index in [1.807, 2.05) is 26.0 Å². The standard InChI is InChI=1S/C24H30ClNO3.ClH/c1-3-22(24(28)29-4-2)17-9-8-16-10-11-21(14-19(16)12-17)26-15-23(27)18-6-5-7-20(25)13-18;/h5-9,12-13,21-23,26-27H,3-4,10-11,14-15H2,1-2H3;1H. The zero-order valence-corrected chi connectivity index (χ0v) is 19.1. The molecule has 4 nitrogen and oxygen atoms in total. The summed E-state index contributed by atoms with van der Waals surface area (Å²) < 4.78 is 5.24. The number of aryl methyl sites for hydroxylation is 1. The normalized spacial score (nSPS) is 17.4. The first-order valence-corrected chi connectivity index (χ1v) is 10.8. The Bertz CT molecular complexity index is 843. The largest absolute Gasteiger partial charge is 0.466 e. The molecule has 0 spiro atoms. The average molecular weight is 452 g/mol. The minimum absolute atomic E-state index is 0. The Balaban J connectivity index is 0.00000320. The quantitative estimate of drug-likeness (QED) is 0.554. The van der Waals surface area contributed by atoms with E-state index in [2.05, 4.69) is 23.5 Å². The summed E-state index contributed by atoms with van der Waals surface area (Å²) in [5.41, 5.74) is 4.49. The van der Waals surface area contributed by atoms with E-state index in [4.69, 9.17) is 16.3 Å². The molecule has 3 unspecified atom stereocenters. The van der Waals surface area contributed by atoms with Crippen LogP contribution in [0.1, 0.15) is 61.0 Å². The van der Waals surface area contributed by atoms with Crippen molar-refractivity contribution in [2.24, 2.45) is 0 Å². The molecule has 3 rings (SSSR count). The van der Waals surface area contributed by atoms with Gasteiger partial charge in [0, 0.05) is 17.6 Å². The second-order valence-corrected chi connectivity index (χ2v) is 8.10. The van der Waals surface area contributed by atoms with Gasteiger partial charge in [0.2, 0.25) is 0 Å². The highest BCUT2D eigenvalue weighted by Gasteiger charge is 2.24. The van der Waals surface area contributed by atoms with Crippen molar-refractivity contribution in [3.8, 4) is 0 Å².